The molecule has 0 bridgehead atoms. The summed E-state index contributed by atoms with van der Waals surface area (Å²) < 4.78 is 38.3. The summed E-state index contributed by atoms with van der Waals surface area (Å²) in [5, 5.41) is 8.93. The molecule has 2 rings (SSSR count). The van der Waals surface area contributed by atoms with Gasteiger partial charge in [0.1, 0.15) is 5.82 Å². The van der Waals surface area contributed by atoms with Gasteiger partial charge in [-0.3, -0.25) is 0 Å². The Hall–Kier alpha value is -2.19. The minimum atomic E-state index is -3.53. The van der Waals surface area contributed by atoms with E-state index in [9.17, 15) is 12.8 Å². The zero-order chi connectivity index (χ0) is 16.2. The van der Waals surface area contributed by atoms with Crippen molar-refractivity contribution in [3.05, 3.63) is 65.5 Å². The van der Waals surface area contributed by atoms with Crippen molar-refractivity contribution in [2.75, 3.05) is 5.75 Å². The van der Waals surface area contributed by atoms with E-state index < -0.39 is 21.6 Å². The van der Waals surface area contributed by atoms with Crippen LogP contribution in [0.4, 0.5) is 4.39 Å². The quantitative estimate of drug-likeness (QED) is 0.846. The van der Waals surface area contributed by atoms with Crippen LogP contribution in [0.3, 0.4) is 0 Å². The molecule has 0 aliphatic carbocycles. The summed E-state index contributed by atoms with van der Waals surface area (Å²) >= 11 is 0. The van der Waals surface area contributed by atoms with Gasteiger partial charge in [-0.25, -0.2) is 12.8 Å². The van der Waals surface area contributed by atoms with E-state index in [4.69, 9.17) is 5.26 Å². The van der Waals surface area contributed by atoms with Crippen molar-refractivity contribution >= 4 is 9.84 Å². The van der Waals surface area contributed by atoms with Crippen LogP contribution < -0.4 is 0 Å². The zero-order valence-corrected chi connectivity index (χ0v) is 13.0. The van der Waals surface area contributed by atoms with Gasteiger partial charge in [0.05, 0.1) is 16.7 Å². The number of nitriles is 1. The minimum Gasteiger partial charge on any atom is -0.224 e. The Morgan fingerprint density at radius 3 is 2.45 bits per heavy atom. The highest BCUT2D eigenvalue weighted by atomic mass is 32.2. The number of sulfone groups is 1. The van der Waals surface area contributed by atoms with E-state index in [0.717, 1.165) is 5.56 Å². The average molecular weight is 317 g/mol. The van der Waals surface area contributed by atoms with Gasteiger partial charge in [-0.1, -0.05) is 29.8 Å². The molecular weight excluding hydrogens is 301 g/mol. The summed E-state index contributed by atoms with van der Waals surface area (Å²) in [6.07, 6.45) is 0.0224. The van der Waals surface area contributed by atoms with Gasteiger partial charge >= 0.3 is 0 Å². The first kappa shape index (κ1) is 16.2. The van der Waals surface area contributed by atoms with Crippen LogP contribution in [-0.2, 0) is 9.84 Å². The largest absolute Gasteiger partial charge is 0.224 e. The molecule has 2 aromatic rings. The maximum atomic E-state index is 13.3. The summed E-state index contributed by atoms with van der Waals surface area (Å²) in [7, 11) is -3.53. The summed E-state index contributed by atoms with van der Waals surface area (Å²) in [5.74, 6) is -1.20. The van der Waals surface area contributed by atoms with Gasteiger partial charge in [-0.05, 0) is 36.8 Å². The van der Waals surface area contributed by atoms with Gasteiger partial charge in [-0.15, -0.1) is 0 Å². The molecule has 0 aliphatic heterocycles. The highest BCUT2D eigenvalue weighted by Gasteiger charge is 2.23. The third-order valence-corrected chi connectivity index (χ3v) is 5.29. The summed E-state index contributed by atoms with van der Waals surface area (Å²) in [6.45, 7) is 1.88. The van der Waals surface area contributed by atoms with Crippen molar-refractivity contribution < 1.29 is 12.8 Å². The molecule has 0 aromatic heterocycles. The van der Waals surface area contributed by atoms with Crippen molar-refractivity contribution in [2.45, 2.75) is 24.2 Å². The molecule has 0 N–H and O–H groups in total. The van der Waals surface area contributed by atoms with Crippen LogP contribution in [0.25, 0.3) is 0 Å². The SMILES string of the molecule is Cc1ccc(S(=O)(=O)CC(CC#N)c2cccc(F)c2)cc1. The van der Waals surface area contributed by atoms with Gasteiger partial charge < -0.3 is 0 Å². The molecule has 0 saturated carbocycles. The first-order valence-electron chi connectivity index (χ1n) is 6.84. The Balaban J connectivity index is 2.31. The molecular formula is C17H16FNO2S. The molecule has 0 spiro atoms. The molecule has 3 nitrogen and oxygen atoms in total. The van der Waals surface area contributed by atoms with Crippen molar-refractivity contribution in [1.29, 1.82) is 5.26 Å². The van der Waals surface area contributed by atoms with Crippen molar-refractivity contribution in [3.8, 4) is 6.07 Å². The van der Waals surface area contributed by atoms with Crippen LogP contribution >= 0.6 is 0 Å². The third kappa shape index (κ3) is 3.92. The molecule has 5 heteroatoms. The Morgan fingerprint density at radius 2 is 1.86 bits per heavy atom. The number of rotatable bonds is 5. The van der Waals surface area contributed by atoms with Crippen LogP contribution in [0.2, 0.25) is 0 Å². The molecule has 0 amide bonds. The molecule has 114 valence electrons. The predicted molar refractivity (Wildman–Crippen MR) is 82.6 cm³/mol. The van der Waals surface area contributed by atoms with Crippen LogP contribution in [0.1, 0.15) is 23.5 Å². The van der Waals surface area contributed by atoms with Gasteiger partial charge in [0.2, 0.25) is 0 Å². The zero-order valence-electron chi connectivity index (χ0n) is 12.2. The molecule has 0 radical (unpaired) electrons. The number of benzene rings is 2. The highest BCUT2D eigenvalue weighted by Crippen LogP contribution is 2.25. The monoisotopic (exact) mass is 317 g/mol. The van der Waals surface area contributed by atoms with Gasteiger partial charge in [0.25, 0.3) is 0 Å². The molecule has 0 saturated heterocycles. The molecule has 0 aliphatic rings. The summed E-state index contributed by atoms with van der Waals surface area (Å²) in [5.41, 5.74) is 1.50. The Kier molecular flexibility index (Phi) is 4.94. The predicted octanol–water partition coefficient (Wildman–Crippen LogP) is 3.61. The first-order valence-corrected chi connectivity index (χ1v) is 8.49. The molecule has 1 atom stereocenters. The first-order chi connectivity index (χ1) is 10.4. The summed E-state index contributed by atoms with van der Waals surface area (Å²) in [4.78, 5) is 0.220. The standard InChI is InChI=1S/C17H16FNO2S/c1-13-5-7-17(8-6-13)22(20,21)12-15(9-10-19)14-3-2-4-16(18)11-14/h2-8,11,15H,9,12H2,1H3. The van der Waals surface area contributed by atoms with Crippen molar-refractivity contribution in [3.63, 3.8) is 0 Å². The third-order valence-electron chi connectivity index (χ3n) is 3.46. The normalized spacial score (nSPS) is 12.6. The van der Waals surface area contributed by atoms with E-state index in [1.54, 1.807) is 30.3 Å². The van der Waals surface area contributed by atoms with Gasteiger partial charge in [0.15, 0.2) is 9.84 Å². The lowest BCUT2D eigenvalue weighted by molar-refractivity contribution is 0.586. The maximum Gasteiger partial charge on any atom is 0.179 e. The minimum absolute atomic E-state index is 0.0224. The topological polar surface area (TPSA) is 57.9 Å². The second-order valence-electron chi connectivity index (χ2n) is 5.21. The Bertz CT molecular complexity index is 792. The lowest BCUT2D eigenvalue weighted by atomic mass is 9.98. The van der Waals surface area contributed by atoms with Crippen molar-refractivity contribution in [1.82, 2.24) is 0 Å². The maximum absolute atomic E-state index is 13.3. The van der Waals surface area contributed by atoms with Crippen LogP contribution in [0.5, 0.6) is 0 Å². The van der Waals surface area contributed by atoms with E-state index in [-0.39, 0.29) is 17.1 Å². The summed E-state index contributed by atoms with van der Waals surface area (Å²) in [6, 6.07) is 14.3. The van der Waals surface area contributed by atoms with Gasteiger partial charge in [-0.2, -0.15) is 5.26 Å². The smallest absolute Gasteiger partial charge is 0.179 e. The lowest BCUT2D eigenvalue weighted by Gasteiger charge is -2.15. The van der Waals surface area contributed by atoms with Crippen molar-refractivity contribution in [2.24, 2.45) is 0 Å². The second-order valence-corrected chi connectivity index (χ2v) is 7.24. The lowest BCUT2D eigenvalue weighted by Crippen LogP contribution is -2.15. The van der Waals surface area contributed by atoms with E-state index >= 15 is 0 Å². The molecule has 22 heavy (non-hydrogen) atoms. The molecule has 2 aromatic carbocycles. The van der Waals surface area contributed by atoms with Crippen LogP contribution in [-0.4, -0.2) is 14.2 Å². The van der Waals surface area contributed by atoms with E-state index in [0.29, 0.717) is 5.56 Å². The van der Waals surface area contributed by atoms with Gasteiger partial charge in [0, 0.05) is 12.3 Å². The Labute approximate surface area is 129 Å². The fourth-order valence-corrected chi connectivity index (χ4v) is 3.83. The number of hydrogen-bond donors (Lipinski definition) is 0. The van der Waals surface area contributed by atoms with Crippen LogP contribution in [0, 0.1) is 24.1 Å². The molecule has 0 heterocycles. The number of nitrogens with zero attached hydrogens (tertiary/aromatic N) is 1. The number of aryl methyl sites for hydroxylation is 1. The fraction of sp³-hybridized carbons (Fsp3) is 0.235. The van der Waals surface area contributed by atoms with E-state index in [1.165, 1.54) is 18.2 Å². The second kappa shape index (κ2) is 6.71. The van der Waals surface area contributed by atoms with E-state index in [2.05, 4.69) is 0 Å². The number of hydrogen-bond acceptors (Lipinski definition) is 3. The Morgan fingerprint density at radius 1 is 1.18 bits per heavy atom. The highest BCUT2D eigenvalue weighted by molar-refractivity contribution is 7.91. The average Bonchev–Trinajstić information content (AvgIpc) is 2.47. The number of halogens is 1. The fourth-order valence-electron chi connectivity index (χ4n) is 2.25. The van der Waals surface area contributed by atoms with Crippen LogP contribution in [0.15, 0.2) is 53.4 Å². The van der Waals surface area contributed by atoms with E-state index in [1.807, 2.05) is 13.0 Å². The molecule has 1 unspecified atom stereocenters. The molecule has 0 fully saturated rings.